The average molecular weight is 453 g/mol. The highest BCUT2D eigenvalue weighted by molar-refractivity contribution is 7.99. The number of hydrogen-bond donors (Lipinski definition) is 0. The molecule has 0 radical (unpaired) electrons. The van der Waals surface area contributed by atoms with Crippen LogP contribution < -0.4 is 4.90 Å². The van der Waals surface area contributed by atoms with E-state index in [4.69, 9.17) is 4.74 Å². The molecular formula is C22H20FN5O3S. The van der Waals surface area contributed by atoms with Gasteiger partial charge in [0.15, 0.2) is 5.16 Å². The third-order valence-corrected chi connectivity index (χ3v) is 6.31. The number of carbonyl (C=O) groups is 2. The van der Waals surface area contributed by atoms with Gasteiger partial charge >= 0.3 is 0 Å². The van der Waals surface area contributed by atoms with Crippen molar-refractivity contribution in [2.24, 2.45) is 0 Å². The SMILES string of the molecule is O=C1c2ccccc2C(=O)N1CCSc1nnc(N2CCOCC2)n1-c1cccc(F)c1. The Labute approximate surface area is 188 Å². The number of nitrogens with zero attached hydrogens (tertiary/aromatic N) is 5. The molecule has 0 bridgehead atoms. The predicted octanol–water partition coefficient (Wildman–Crippen LogP) is 2.63. The molecule has 2 aliphatic heterocycles. The van der Waals surface area contributed by atoms with Crippen LogP contribution in [0.4, 0.5) is 10.3 Å². The number of aromatic nitrogens is 3. The van der Waals surface area contributed by atoms with Gasteiger partial charge in [0.1, 0.15) is 5.82 Å². The number of imide groups is 1. The Kier molecular flexibility index (Phi) is 5.62. The fourth-order valence-electron chi connectivity index (χ4n) is 3.84. The summed E-state index contributed by atoms with van der Waals surface area (Å²) in [5, 5.41) is 9.24. The molecule has 2 amide bonds. The van der Waals surface area contributed by atoms with Gasteiger partial charge in [0.25, 0.3) is 11.8 Å². The minimum absolute atomic E-state index is 0.236. The van der Waals surface area contributed by atoms with Gasteiger partial charge in [0.05, 0.1) is 30.0 Å². The predicted molar refractivity (Wildman–Crippen MR) is 117 cm³/mol. The van der Waals surface area contributed by atoms with Gasteiger partial charge in [0, 0.05) is 25.4 Å². The zero-order valence-electron chi connectivity index (χ0n) is 17.1. The molecule has 0 saturated carbocycles. The maximum atomic E-state index is 14.0. The van der Waals surface area contributed by atoms with Crippen LogP contribution in [0.15, 0.2) is 53.7 Å². The fraction of sp³-hybridized carbons (Fsp3) is 0.273. The van der Waals surface area contributed by atoms with Gasteiger partial charge in [-0.05, 0) is 30.3 Å². The van der Waals surface area contributed by atoms with E-state index in [1.807, 2.05) is 0 Å². The number of benzene rings is 2. The Balaban J connectivity index is 1.37. The van der Waals surface area contributed by atoms with Crippen molar-refractivity contribution < 1.29 is 18.7 Å². The molecule has 0 atom stereocenters. The highest BCUT2D eigenvalue weighted by Gasteiger charge is 2.34. The normalized spacial score (nSPS) is 16.0. The van der Waals surface area contributed by atoms with Crippen LogP contribution in [0.2, 0.25) is 0 Å². The number of thioether (sulfide) groups is 1. The number of morpholine rings is 1. The summed E-state index contributed by atoms with van der Waals surface area (Å²) in [4.78, 5) is 28.5. The first-order valence-corrected chi connectivity index (χ1v) is 11.2. The number of anilines is 1. The number of rotatable bonds is 6. The third kappa shape index (κ3) is 3.76. The summed E-state index contributed by atoms with van der Waals surface area (Å²) in [6, 6.07) is 13.1. The Bertz CT molecular complexity index is 1140. The van der Waals surface area contributed by atoms with Crippen molar-refractivity contribution in [2.45, 2.75) is 5.16 Å². The third-order valence-electron chi connectivity index (χ3n) is 5.40. The zero-order chi connectivity index (χ0) is 22.1. The minimum Gasteiger partial charge on any atom is -0.378 e. The summed E-state index contributed by atoms with van der Waals surface area (Å²) in [5.74, 6) is 0.119. The summed E-state index contributed by atoms with van der Waals surface area (Å²) in [5.41, 5.74) is 1.47. The molecule has 2 aliphatic rings. The van der Waals surface area contributed by atoms with Gasteiger partial charge in [0.2, 0.25) is 5.95 Å². The van der Waals surface area contributed by atoms with E-state index in [9.17, 15) is 14.0 Å². The van der Waals surface area contributed by atoms with Crippen LogP contribution in [0.5, 0.6) is 0 Å². The van der Waals surface area contributed by atoms with Gasteiger partial charge in [-0.15, -0.1) is 10.2 Å². The summed E-state index contributed by atoms with van der Waals surface area (Å²) in [7, 11) is 0. The smallest absolute Gasteiger partial charge is 0.261 e. The standard InChI is InChI=1S/C22H20FN5O3S/c23-15-4-3-5-16(14-15)28-21(26-8-11-31-12-9-26)24-25-22(28)32-13-10-27-19(29)17-6-1-2-7-18(17)20(27)30/h1-7,14H,8-13H2. The fourth-order valence-corrected chi connectivity index (χ4v) is 4.71. The minimum atomic E-state index is -0.355. The van der Waals surface area contributed by atoms with Gasteiger partial charge in [-0.2, -0.15) is 0 Å². The molecule has 2 aromatic carbocycles. The van der Waals surface area contributed by atoms with Crippen LogP contribution in [0, 0.1) is 5.82 Å². The summed E-state index contributed by atoms with van der Waals surface area (Å²) < 4.78 is 21.2. The molecule has 0 unspecified atom stereocenters. The lowest BCUT2D eigenvalue weighted by Gasteiger charge is -2.28. The quantitative estimate of drug-likeness (QED) is 0.419. The average Bonchev–Trinajstić information content (AvgIpc) is 3.35. The van der Waals surface area contributed by atoms with E-state index in [-0.39, 0.29) is 24.2 Å². The molecule has 3 heterocycles. The van der Waals surface area contributed by atoms with Gasteiger partial charge in [-0.3, -0.25) is 19.1 Å². The van der Waals surface area contributed by atoms with Crippen LogP contribution in [-0.2, 0) is 4.74 Å². The largest absolute Gasteiger partial charge is 0.378 e. The van der Waals surface area contributed by atoms with E-state index in [0.717, 1.165) is 0 Å². The van der Waals surface area contributed by atoms with Crippen LogP contribution in [0.25, 0.3) is 5.69 Å². The molecular weight excluding hydrogens is 433 g/mol. The van der Waals surface area contributed by atoms with E-state index in [1.54, 1.807) is 41.0 Å². The first kappa shape index (κ1) is 20.7. The Morgan fingerprint density at radius 3 is 2.38 bits per heavy atom. The molecule has 1 fully saturated rings. The Morgan fingerprint density at radius 2 is 1.69 bits per heavy atom. The van der Waals surface area contributed by atoms with Crippen molar-refractivity contribution in [2.75, 3.05) is 43.5 Å². The maximum absolute atomic E-state index is 14.0. The topological polar surface area (TPSA) is 80.6 Å². The van der Waals surface area contributed by atoms with Crippen LogP contribution in [-0.4, -0.2) is 70.1 Å². The lowest BCUT2D eigenvalue weighted by atomic mass is 10.1. The molecule has 8 nitrogen and oxygen atoms in total. The first-order valence-electron chi connectivity index (χ1n) is 10.3. The van der Waals surface area contributed by atoms with Crippen molar-refractivity contribution in [3.05, 3.63) is 65.5 Å². The van der Waals surface area contributed by atoms with Gasteiger partial charge in [-0.1, -0.05) is 30.0 Å². The monoisotopic (exact) mass is 453 g/mol. The Hall–Kier alpha value is -3.24. The lowest BCUT2D eigenvalue weighted by molar-refractivity contribution is 0.0664. The molecule has 10 heteroatoms. The van der Waals surface area contributed by atoms with Crippen molar-refractivity contribution in [3.8, 4) is 5.69 Å². The van der Waals surface area contributed by atoms with Crippen molar-refractivity contribution in [1.29, 1.82) is 0 Å². The van der Waals surface area contributed by atoms with E-state index >= 15 is 0 Å². The highest BCUT2D eigenvalue weighted by Crippen LogP contribution is 2.29. The molecule has 3 aromatic rings. The molecule has 164 valence electrons. The van der Waals surface area contributed by atoms with Crippen molar-refractivity contribution in [1.82, 2.24) is 19.7 Å². The number of ether oxygens (including phenoxy) is 1. The molecule has 1 saturated heterocycles. The molecule has 0 spiro atoms. The van der Waals surface area contributed by atoms with Crippen molar-refractivity contribution >= 4 is 29.5 Å². The lowest BCUT2D eigenvalue weighted by Crippen LogP contribution is -2.37. The highest BCUT2D eigenvalue weighted by atomic mass is 32.2. The van der Waals surface area contributed by atoms with Gasteiger partial charge < -0.3 is 9.64 Å². The van der Waals surface area contributed by atoms with E-state index in [2.05, 4.69) is 15.1 Å². The summed E-state index contributed by atoms with van der Waals surface area (Å²) in [6.45, 7) is 2.72. The number of hydrogen-bond acceptors (Lipinski definition) is 7. The zero-order valence-corrected chi connectivity index (χ0v) is 17.9. The second-order valence-electron chi connectivity index (χ2n) is 7.35. The molecule has 0 N–H and O–H groups in total. The summed E-state index contributed by atoms with van der Waals surface area (Å²) >= 11 is 1.37. The van der Waals surface area contributed by atoms with E-state index in [0.29, 0.717) is 60.0 Å². The van der Waals surface area contributed by atoms with E-state index < -0.39 is 0 Å². The van der Waals surface area contributed by atoms with Gasteiger partial charge in [-0.25, -0.2) is 4.39 Å². The second kappa shape index (κ2) is 8.71. The molecule has 0 aliphatic carbocycles. The summed E-state index contributed by atoms with van der Waals surface area (Å²) in [6.07, 6.45) is 0. The van der Waals surface area contributed by atoms with E-state index in [1.165, 1.54) is 28.8 Å². The first-order chi connectivity index (χ1) is 15.6. The molecule has 1 aromatic heterocycles. The number of carbonyl (C=O) groups excluding carboxylic acids is 2. The van der Waals surface area contributed by atoms with Crippen LogP contribution >= 0.6 is 11.8 Å². The van der Waals surface area contributed by atoms with Crippen molar-refractivity contribution in [3.63, 3.8) is 0 Å². The maximum Gasteiger partial charge on any atom is 0.261 e. The van der Waals surface area contributed by atoms with Crippen LogP contribution in [0.1, 0.15) is 20.7 Å². The second-order valence-corrected chi connectivity index (χ2v) is 8.42. The van der Waals surface area contributed by atoms with Crippen LogP contribution in [0.3, 0.4) is 0 Å². The Morgan fingerprint density at radius 1 is 0.969 bits per heavy atom. The number of halogens is 1. The molecule has 32 heavy (non-hydrogen) atoms. The number of amides is 2. The molecule has 5 rings (SSSR count). The number of fused-ring (bicyclic) bond motifs is 1.